The van der Waals surface area contributed by atoms with Crippen LogP contribution in [0, 0.1) is 12.3 Å². The summed E-state index contributed by atoms with van der Waals surface area (Å²) >= 11 is 0. The van der Waals surface area contributed by atoms with E-state index in [1.165, 1.54) is 0 Å². The van der Waals surface area contributed by atoms with Gasteiger partial charge in [-0.05, 0) is 13.0 Å². The molecule has 4 heteroatoms. The molecule has 1 rings (SSSR count). The molecule has 0 radical (unpaired) electrons. The minimum absolute atomic E-state index is 0.205. The van der Waals surface area contributed by atoms with Gasteiger partial charge in [0.05, 0.1) is 0 Å². The second-order valence-electron chi connectivity index (χ2n) is 4.12. The molecule has 2 atom stereocenters. The molecule has 2 unspecified atom stereocenters. The van der Waals surface area contributed by atoms with Crippen LogP contribution in [-0.2, 0) is 17.3 Å². The average Bonchev–Trinajstić information content (AvgIpc) is 2.34. The smallest absolute Gasteiger partial charge is 0.148 e. The van der Waals surface area contributed by atoms with Crippen molar-refractivity contribution >= 4 is 10.8 Å². The lowest BCUT2D eigenvalue weighted by atomic mass is 10.2. The molecule has 1 aromatic rings. The summed E-state index contributed by atoms with van der Waals surface area (Å²) in [5.74, 6) is 3.90. The molecule has 0 spiro atoms. The summed E-state index contributed by atoms with van der Waals surface area (Å²) in [6.45, 7) is 2.97. The fourth-order valence-corrected chi connectivity index (χ4v) is 2.43. The molecule has 0 saturated heterocycles. The molecule has 0 aliphatic rings. The zero-order chi connectivity index (χ0) is 13.4. The summed E-state index contributed by atoms with van der Waals surface area (Å²) in [5.41, 5.74) is 1.06. The third-order valence-electron chi connectivity index (χ3n) is 2.41. The number of terminal acetylenes is 1. The van der Waals surface area contributed by atoms with Crippen LogP contribution in [-0.4, -0.2) is 28.9 Å². The van der Waals surface area contributed by atoms with Crippen LogP contribution in [0.4, 0.5) is 0 Å². The van der Waals surface area contributed by atoms with Crippen molar-refractivity contribution in [2.24, 2.45) is 0 Å². The van der Waals surface area contributed by atoms with Crippen LogP contribution in [0.1, 0.15) is 12.5 Å². The van der Waals surface area contributed by atoms with Gasteiger partial charge in [0.1, 0.15) is 12.4 Å². The van der Waals surface area contributed by atoms with Gasteiger partial charge in [0.2, 0.25) is 0 Å². The second-order valence-corrected chi connectivity index (χ2v) is 5.60. The van der Waals surface area contributed by atoms with Gasteiger partial charge < -0.3 is 10.1 Å². The highest BCUT2D eigenvalue weighted by molar-refractivity contribution is 7.84. The van der Waals surface area contributed by atoms with E-state index < -0.39 is 10.8 Å². The highest BCUT2D eigenvalue weighted by atomic mass is 32.2. The normalized spacial score (nSPS) is 13.6. The van der Waals surface area contributed by atoms with Gasteiger partial charge in [-0.3, -0.25) is 4.21 Å². The topological polar surface area (TPSA) is 38.3 Å². The Hall–Kier alpha value is -1.31. The first-order valence-electron chi connectivity index (χ1n) is 5.81. The van der Waals surface area contributed by atoms with Crippen molar-refractivity contribution in [1.29, 1.82) is 0 Å². The van der Waals surface area contributed by atoms with E-state index in [0.717, 1.165) is 11.3 Å². The first-order chi connectivity index (χ1) is 8.63. The molecule has 0 amide bonds. The van der Waals surface area contributed by atoms with E-state index in [2.05, 4.69) is 11.2 Å². The van der Waals surface area contributed by atoms with Gasteiger partial charge >= 0.3 is 0 Å². The monoisotopic (exact) mass is 265 g/mol. The summed E-state index contributed by atoms with van der Waals surface area (Å²) in [4.78, 5) is 0. The largest absolute Gasteiger partial charge is 0.481 e. The zero-order valence-electron chi connectivity index (χ0n) is 10.8. The first-order valence-corrected chi connectivity index (χ1v) is 7.53. The van der Waals surface area contributed by atoms with E-state index in [4.69, 9.17) is 11.2 Å². The fraction of sp³-hybridized carbons (Fsp3) is 0.429. The summed E-state index contributed by atoms with van der Waals surface area (Å²) in [7, 11) is -0.784. The van der Waals surface area contributed by atoms with Crippen LogP contribution < -0.4 is 10.1 Å². The maximum atomic E-state index is 11.1. The number of benzene rings is 1. The number of hydrogen-bond acceptors (Lipinski definition) is 3. The summed E-state index contributed by atoms with van der Waals surface area (Å²) in [5, 5.41) is 3.32. The molecule has 1 N–H and O–H groups in total. The van der Waals surface area contributed by atoms with E-state index in [1.807, 2.05) is 31.2 Å². The van der Waals surface area contributed by atoms with E-state index >= 15 is 0 Å². The van der Waals surface area contributed by atoms with E-state index in [0.29, 0.717) is 12.3 Å². The fourth-order valence-electron chi connectivity index (χ4n) is 1.61. The molecular formula is C14H19NO2S. The van der Waals surface area contributed by atoms with Gasteiger partial charge in [0.25, 0.3) is 0 Å². The lowest BCUT2D eigenvalue weighted by molar-refractivity contribution is 0.364. The second kappa shape index (κ2) is 7.91. The Morgan fingerprint density at radius 1 is 1.50 bits per heavy atom. The van der Waals surface area contributed by atoms with Crippen LogP contribution in [0.15, 0.2) is 24.3 Å². The lowest BCUT2D eigenvalue weighted by Crippen LogP contribution is -2.30. The number of nitrogens with one attached hydrogen (secondary N) is 1. The van der Waals surface area contributed by atoms with Crippen LogP contribution in [0.2, 0.25) is 0 Å². The molecule has 0 aliphatic carbocycles. The van der Waals surface area contributed by atoms with Crippen molar-refractivity contribution in [2.75, 3.05) is 18.6 Å². The van der Waals surface area contributed by atoms with Crippen LogP contribution in [0.25, 0.3) is 0 Å². The van der Waals surface area contributed by atoms with E-state index in [-0.39, 0.29) is 12.6 Å². The molecular weight excluding hydrogens is 246 g/mol. The van der Waals surface area contributed by atoms with Crippen LogP contribution in [0.3, 0.4) is 0 Å². The zero-order valence-corrected chi connectivity index (χ0v) is 11.6. The molecule has 0 saturated carbocycles. The molecule has 98 valence electrons. The Morgan fingerprint density at radius 2 is 2.22 bits per heavy atom. The van der Waals surface area contributed by atoms with Crippen molar-refractivity contribution in [2.45, 2.75) is 19.5 Å². The van der Waals surface area contributed by atoms with Crippen molar-refractivity contribution in [1.82, 2.24) is 5.32 Å². The van der Waals surface area contributed by atoms with Crippen molar-refractivity contribution in [3.05, 3.63) is 29.8 Å². The molecule has 0 fully saturated rings. The summed E-state index contributed by atoms with van der Waals surface area (Å²) in [6.07, 6.45) is 6.89. The van der Waals surface area contributed by atoms with E-state index in [1.54, 1.807) is 6.26 Å². The maximum Gasteiger partial charge on any atom is 0.148 e. The van der Waals surface area contributed by atoms with Crippen LogP contribution >= 0.6 is 0 Å². The predicted octanol–water partition coefficient (Wildman–Crippen LogP) is 1.56. The quantitative estimate of drug-likeness (QED) is 0.760. The van der Waals surface area contributed by atoms with E-state index in [9.17, 15) is 4.21 Å². The molecule has 0 aliphatic heterocycles. The summed E-state index contributed by atoms with van der Waals surface area (Å²) in [6, 6.07) is 7.98. The number of ether oxygens (including phenoxy) is 1. The van der Waals surface area contributed by atoms with Gasteiger partial charge in [0, 0.05) is 41.0 Å². The van der Waals surface area contributed by atoms with Gasteiger partial charge in [-0.25, -0.2) is 0 Å². The minimum Gasteiger partial charge on any atom is -0.481 e. The molecule has 0 bridgehead atoms. The number of para-hydroxylation sites is 1. The molecule has 18 heavy (non-hydrogen) atoms. The number of hydrogen-bond donors (Lipinski definition) is 1. The Kier molecular flexibility index (Phi) is 6.48. The Labute approximate surface area is 111 Å². The van der Waals surface area contributed by atoms with Gasteiger partial charge in [-0.1, -0.05) is 24.1 Å². The number of rotatable bonds is 7. The van der Waals surface area contributed by atoms with Gasteiger partial charge in [-0.2, -0.15) is 0 Å². The van der Waals surface area contributed by atoms with Gasteiger partial charge in [0.15, 0.2) is 0 Å². The molecule has 1 aromatic carbocycles. The highest BCUT2D eigenvalue weighted by Crippen LogP contribution is 2.17. The molecule has 0 aromatic heterocycles. The minimum atomic E-state index is -0.784. The molecule has 0 heterocycles. The molecule has 3 nitrogen and oxygen atoms in total. The lowest BCUT2D eigenvalue weighted by Gasteiger charge is -2.14. The average molecular weight is 265 g/mol. The third-order valence-corrected chi connectivity index (χ3v) is 3.38. The predicted molar refractivity (Wildman–Crippen MR) is 76.0 cm³/mol. The first kappa shape index (κ1) is 14.7. The van der Waals surface area contributed by atoms with Crippen molar-refractivity contribution < 1.29 is 8.95 Å². The Bertz CT molecular complexity index is 440. The standard InChI is InChI=1S/C14H19NO2S/c1-4-9-17-14-8-6-5-7-13(14)10-15-12(2)11-18(3)16/h1,5-8,12,15H,9-11H2,2-3H3. The highest BCUT2D eigenvalue weighted by Gasteiger charge is 2.06. The maximum absolute atomic E-state index is 11.1. The Balaban J connectivity index is 2.56. The summed E-state index contributed by atoms with van der Waals surface area (Å²) < 4.78 is 16.6. The third kappa shape index (κ3) is 5.35. The van der Waals surface area contributed by atoms with Crippen LogP contribution in [0.5, 0.6) is 5.75 Å². The van der Waals surface area contributed by atoms with Gasteiger partial charge in [-0.15, -0.1) is 6.42 Å². The van der Waals surface area contributed by atoms with Crippen molar-refractivity contribution in [3.63, 3.8) is 0 Å². The van der Waals surface area contributed by atoms with Crippen molar-refractivity contribution in [3.8, 4) is 18.1 Å². The Morgan fingerprint density at radius 3 is 2.89 bits per heavy atom. The SMILES string of the molecule is C#CCOc1ccccc1CNC(C)CS(C)=O.